The minimum atomic E-state index is -4.61. The SMILES string of the molecule is C=C/C=C(\C=C)C1c2cnn(-c3ccccc3)c2N(CC)C(=O)C1NC(=O)c1cccc(C(F)(F)F)c1. The van der Waals surface area contributed by atoms with Gasteiger partial charge in [-0.2, -0.15) is 18.3 Å². The molecule has 0 spiro atoms. The normalized spacial score (nSPS) is 17.8. The Morgan fingerprint density at radius 1 is 1.14 bits per heavy atom. The van der Waals surface area contributed by atoms with Crippen LogP contribution in [0.5, 0.6) is 0 Å². The summed E-state index contributed by atoms with van der Waals surface area (Å²) in [6.45, 7) is 9.67. The number of nitrogens with zero attached hydrogens (tertiary/aromatic N) is 3. The Hall–Kier alpha value is -4.40. The van der Waals surface area contributed by atoms with E-state index in [1.165, 1.54) is 11.0 Å². The monoisotopic (exact) mass is 506 g/mol. The van der Waals surface area contributed by atoms with Gasteiger partial charge in [0.25, 0.3) is 11.8 Å². The standard InChI is InChI=1S/C28H25F3N4O2/c1-4-11-18(5-2)23-22-17-32-35(21-14-8-7-9-15-21)26(22)34(6-3)27(37)24(23)33-25(36)19-12-10-13-20(16-19)28(29,30)31/h4-5,7-17,23-24H,1-2,6H2,3H3,(H,33,36)/b18-11+. The lowest BCUT2D eigenvalue weighted by Crippen LogP contribution is -2.55. The number of benzene rings is 2. The molecule has 2 amide bonds. The van der Waals surface area contributed by atoms with Gasteiger partial charge in [0.2, 0.25) is 0 Å². The summed E-state index contributed by atoms with van der Waals surface area (Å²) in [6, 6.07) is 12.3. The van der Waals surface area contributed by atoms with Gasteiger partial charge in [0, 0.05) is 23.6 Å². The minimum absolute atomic E-state index is 0.206. The maximum absolute atomic E-state index is 13.8. The second-order valence-corrected chi connectivity index (χ2v) is 8.37. The summed E-state index contributed by atoms with van der Waals surface area (Å²) < 4.78 is 41.3. The molecule has 1 aromatic heterocycles. The first-order valence-electron chi connectivity index (χ1n) is 11.6. The summed E-state index contributed by atoms with van der Waals surface area (Å²) in [5.74, 6) is -1.38. The summed E-state index contributed by atoms with van der Waals surface area (Å²) in [4.78, 5) is 28.5. The Bertz CT molecular complexity index is 1380. The number of hydrogen-bond acceptors (Lipinski definition) is 3. The summed E-state index contributed by atoms with van der Waals surface area (Å²) in [5, 5.41) is 7.22. The Kier molecular flexibility index (Phi) is 7.15. The Morgan fingerprint density at radius 2 is 1.86 bits per heavy atom. The first-order chi connectivity index (χ1) is 17.7. The van der Waals surface area contributed by atoms with Crippen molar-refractivity contribution in [1.82, 2.24) is 15.1 Å². The number of hydrogen-bond donors (Lipinski definition) is 1. The molecule has 2 aromatic carbocycles. The van der Waals surface area contributed by atoms with E-state index in [-0.39, 0.29) is 12.1 Å². The van der Waals surface area contributed by atoms with Crippen LogP contribution in [0, 0.1) is 0 Å². The molecule has 0 fully saturated rings. The molecule has 190 valence electrons. The van der Waals surface area contributed by atoms with Crippen molar-refractivity contribution in [3.8, 4) is 5.69 Å². The second-order valence-electron chi connectivity index (χ2n) is 8.37. The van der Waals surface area contributed by atoms with Crippen LogP contribution in [0.4, 0.5) is 19.0 Å². The number of rotatable bonds is 7. The van der Waals surface area contributed by atoms with Crippen molar-refractivity contribution >= 4 is 17.6 Å². The summed E-state index contributed by atoms with van der Waals surface area (Å²) in [5.41, 5.74) is 0.845. The number of halogens is 3. The molecule has 3 aromatic rings. The minimum Gasteiger partial charge on any atom is -0.339 e. The number of carbonyl (C=O) groups excluding carboxylic acids is 2. The highest BCUT2D eigenvalue weighted by atomic mass is 19.4. The smallest absolute Gasteiger partial charge is 0.339 e. The average Bonchev–Trinajstić information content (AvgIpc) is 3.32. The van der Waals surface area contributed by atoms with Crippen LogP contribution in [-0.2, 0) is 11.0 Å². The second kappa shape index (κ2) is 10.3. The number of para-hydroxylation sites is 1. The van der Waals surface area contributed by atoms with Gasteiger partial charge < -0.3 is 5.32 Å². The highest BCUT2D eigenvalue weighted by Gasteiger charge is 2.44. The van der Waals surface area contributed by atoms with Crippen LogP contribution in [0.25, 0.3) is 5.69 Å². The van der Waals surface area contributed by atoms with Crippen LogP contribution in [0.1, 0.15) is 34.3 Å². The molecule has 2 atom stereocenters. The Balaban J connectivity index is 1.82. The predicted molar refractivity (Wildman–Crippen MR) is 136 cm³/mol. The molecule has 1 aliphatic heterocycles. The van der Waals surface area contributed by atoms with Crippen LogP contribution >= 0.6 is 0 Å². The first kappa shape index (κ1) is 25.7. The molecule has 4 rings (SSSR count). The summed E-state index contributed by atoms with van der Waals surface area (Å²) >= 11 is 0. The van der Waals surface area contributed by atoms with Gasteiger partial charge in [0.15, 0.2) is 0 Å². The Labute approximate surface area is 212 Å². The summed E-state index contributed by atoms with van der Waals surface area (Å²) in [6.07, 6.45) is 1.81. The van der Waals surface area contributed by atoms with Crippen molar-refractivity contribution in [3.63, 3.8) is 0 Å². The number of alkyl halides is 3. The van der Waals surface area contributed by atoms with Gasteiger partial charge in [0.05, 0.1) is 17.4 Å². The topological polar surface area (TPSA) is 67.2 Å². The molecule has 2 unspecified atom stereocenters. The number of aromatic nitrogens is 2. The lowest BCUT2D eigenvalue weighted by Gasteiger charge is -2.38. The first-order valence-corrected chi connectivity index (χ1v) is 11.6. The van der Waals surface area contributed by atoms with E-state index < -0.39 is 35.5 Å². The Morgan fingerprint density at radius 3 is 2.49 bits per heavy atom. The molecule has 9 heteroatoms. The third-order valence-electron chi connectivity index (χ3n) is 6.19. The molecule has 0 saturated heterocycles. The van der Waals surface area contributed by atoms with Crippen LogP contribution < -0.4 is 10.2 Å². The van der Waals surface area contributed by atoms with Crippen LogP contribution in [0.15, 0.2) is 97.8 Å². The number of amides is 2. The van der Waals surface area contributed by atoms with Gasteiger partial charge in [-0.25, -0.2) is 4.68 Å². The zero-order valence-electron chi connectivity index (χ0n) is 20.1. The molecule has 1 N–H and O–H groups in total. The van der Waals surface area contributed by atoms with Crippen molar-refractivity contribution in [3.05, 3.63) is 114 Å². The maximum Gasteiger partial charge on any atom is 0.416 e. The molecule has 2 heterocycles. The number of anilines is 1. The molecule has 0 saturated carbocycles. The molecule has 0 radical (unpaired) electrons. The van der Waals surface area contributed by atoms with E-state index in [9.17, 15) is 22.8 Å². The van der Waals surface area contributed by atoms with Gasteiger partial charge in [-0.1, -0.05) is 55.7 Å². The molecular weight excluding hydrogens is 481 g/mol. The number of nitrogens with one attached hydrogen (secondary N) is 1. The van der Waals surface area contributed by atoms with Crippen LogP contribution in [0.2, 0.25) is 0 Å². The molecular formula is C28H25F3N4O2. The fraction of sp³-hybridized carbons (Fsp3) is 0.179. The third kappa shape index (κ3) is 4.84. The van der Waals surface area contributed by atoms with Gasteiger partial charge in [0.1, 0.15) is 11.9 Å². The highest BCUT2D eigenvalue weighted by molar-refractivity contribution is 6.05. The zero-order valence-corrected chi connectivity index (χ0v) is 20.1. The van der Waals surface area contributed by atoms with Gasteiger partial charge >= 0.3 is 6.18 Å². The average molecular weight is 507 g/mol. The zero-order chi connectivity index (χ0) is 26.7. The number of fused-ring (bicyclic) bond motifs is 1. The van der Waals surface area contributed by atoms with E-state index in [0.29, 0.717) is 17.0 Å². The molecule has 0 aliphatic carbocycles. The van der Waals surface area contributed by atoms with Crippen molar-refractivity contribution in [2.45, 2.75) is 25.1 Å². The van der Waals surface area contributed by atoms with Crippen LogP contribution in [-0.4, -0.2) is 34.2 Å². The van der Waals surface area contributed by atoms with E-state index in [2.05, 4.69) is 23.6 Å². The highest BCUT2D eigenvalue weighted by Crippen LogP contribution is 2.42. The van der Waals surface area contributed by atoms with E-state index in [1.54, 1.807) is 36.0 Å². The van der Waals surface area contributed by atoms with Crippen molar-refractivity contribution in [2.75, 3.05) is 11.4 Å². The maximum atomic E-state index is 13.8. The van der Waals surface area contributed by atoms with E-state index in [0.717, 1.165) is 23.9 Å². The third-order valence-corrected chi connectivity index (χ3v) is 6.19. The van der Waals surface area contributed by atoms with E-state index in [1.807, 2.05) is 30.3 Å². The van der Waals surface area contributed by atoms with Gasteiger partial charge in [-0.15, -0.1) is 0 Å². The van der Waals surface area contributed by atoms with Crippen molar-refractivity contribution < 1.29 is 22.8 Å². The van der Waals surface area contributed by atoms with E-state index >= 15 is 0 Å². The quantitative estimate of drug-likeness (QED) is 0.434. The molecule has 37 heavy (non-hydrogen) atoms. The fourth-order valence-electron chi connectivity index (χ4n) is 4.52. The molecule has 1 aliphatic rings. The number of allylic oxidation sites excluding steroid dienone is 3. The van der Waals surface area contributed by atoms with Crippen molar-refractivity contribution in [2.24, 2.45) is 0 Å². The van der Waals surface area contributed by atoms with Crippen LogP contribution in [0.3, 0.4) is 0 Å². The predicted octanol–water partition coefficient (Wildman–Crippen LogP) is 5.44. The van der Waals surface area contributed by atoms with Gasteiger partial charge in [-0.05, 0) is 42.8 Å². The van der Waals surface area contributed by atoms with Gasteiger partial charge in [-0.3, -0.25) is 14.5 Å². The number of likely N-dealkylation sites (N-methyl/N-ethyl adjacent to an activating group) is 1. The lowest BCUT2D eigenvalue weighted by atomic mass is 9.81. The largest absolute Gasteiger partial charge is 0.416 e. The fourth-order valence-corrected chi connectivity index (χ4v) is 4.52. The lowest BCUT2D eigenvalue weighted by molar-refractivity contribution is -0.137. The molecule has 0 bridgehead atoms. The number of carbonyl (C=O) groups is 2. The van der Waals surface area contributed by atoms with E-state index in [4.69, 9.17) is 0 Å². The summed E-state index contributed by atoms with van der Waals surface area (Å²) in [7, 11) is 0. The molecule has 6 nitrogen and oxygen atoms in total. The van der Waals surface area contributed by atoms with Crippen molar-refractivity contribution in [1.29, 1.82) is 0 Å².